The minimum Gasteiger partial charge on any atom is -0.377 e. The zero-order chi connectivity index (χ0) is 9.52. The Kier molecular flexibility index (Phi) is 4.58. The molecule has 13 heavy (non-hydrogen) atoms. The van der Waals surface area contributed by atoms with E-state index in [-0.39, 0.29) is 0 Å². The molecule has 1 rings (SSSR count). The van der Waals surface area contributed by atoms with Crippen LogP contribution in [0.15, 0.2) is 30.3 Å². The summed E-state index contributed by atoms with van der Waals surface area (Å²) >= 11 is 5.81. The molecule has 0 aliphatic carbocycles. The summed E-state index contributed by atoms with van der Waals surface area (Å²) < 4.78 is 5.05. The molecule has 1 radical (unpaired) electrons. The number of ether oxygens (including phenoxy) is 1. The molecular formula is C11H12ClO. The number of halogens is 1. The third-order valence-corrected chi connectivity index (χ3v) is 1.75. The predicted molar refractivity (Wildman–Crippen MR) is 56.7 cm³/mol. The summed E-state index contributed by atoms with van der Waals surface area (Å²) in [6.45, 7) is 4.66. The van der Waals surface area contributed by atoms with Gasteiger partial charge in [0.2, 0.25) is 0 Å². The number of hydrogen-bond donors (Lipinski definition) is 0. The molecule has 0 saturated heterocycles. The molecule has 0 unspecified atom stereocenters. The lowest BCUT2D eigenvalue weighted by Crippen LogP contribution is -1.87. The van der Waals surface area contributed by atoms with Crippen molar-refractivity contribution in [1.82, 2.24) is 0 Å². The van der Waals surface area contributed by atoms with Crippen LogP contribution in [0.5, 0.6) is 0 Å². The fourth-order valence-corrected chi connectivity index (χ4v) is 1.14. The van der Waals surface area contributed by atoms with E-state index < -0.39 is 0 Å². The first-order chi connectivity index (χ1) is 6.33. The van der Waals surface area contributed by atoms with Gasteiger partial charge in [-0.2, -0.15) is 0 Å². The van der Waals surface area contributed by atoms with E-state index in [2.05, 4.69) is 6.92 Å². The predicted octanol–water partition coefficient (Wildman–Crippen LogP) is 3.20. The first-order valence-electron chi connectivity index (χ1n) is 4.12. The van der Waals surface area contributed by atoms with Crippen LogP contribution in [0.1, 0.15) is 5.56 Å². The Balaban J connectivity index is 2.48. The van der Waals surface area contributed by atoms with E-state index in [4.69, 9.17) is 16.3 Å². The highest BCUT2D eigenvalue weighted by Gasteiger charge is 1.87. The Labute approximate surface area is 84.0 Å². The highest BCUT2D eigenvalue weighted by atomic mass is 35.5. The van der Waals surface area contributed by atoms with Gasteiger partial charge < -0.3 is 4.74 Å². The SMILES string of the molecule is [CH2]COCC=Cc1cccc(Cl)c1. The summed E-state index contributed by atoms with van der Waals surface area (Å²) in [4.78, 5) is 0. The number of hydrogen-bond acceptors (Lipinski definition) is 1. The van der Waals surface area contributed by atoms with Crippen LogP contribution in [-0.2, 0) is 4.74 Å². The lowest BCUT2D eigenvalue weighted by atomic mass is 10.2. The van der Waals surface area contributed by atoms with Crippen LogP contribution in [0.3, 0.4) is 0 Å². The topological polar surface area (TPSA) is 9.23 Å². The molecule has 0 aromatic heterocycles. The molecule has 0 bridgehead atoms. The zero-order valence-electron chi connectivity index (χ0n) is 7.37. The van der Waals surface area contributed by atoms with Crippen LogP contribution in [0.25, 0.3) is 6.08 Å². The van der Waals surface area contributed by atoms with E-state index in [1.54, 1.807) is 0 Å². The average Bonchev–Trinajstić information content (AvgIpc) is 2.13. The van der Waals surface area contributed by atoms with Crippen molar-refractivity contribution in [3.05, 3.63) is 47.9 Å². The maximum Gasteiger partial charge on any atom is 0.0650 e. The third kappa shape index (κ3) is 4.11. The van der Waals surface area contributed by atoms with Gasteiger partial charge in [-0.3, -0.25) is 0 Å². The smallest absolute Gasteiger partial charge is 0.0650 e. The van der Waals surface area contributed by atoms with Gasteiger partial charge in [-0.1, -0.05) is 35.9 Å². The lowest BCUT2D eigenvalue weighted by Gasteiger charge is -1.95. The third-order valence-electron chi connectivity index (χ3n) is 1.52. The Morgan fingerprint density at radius 2 is 2.31 bits per heavy atom. The summed E-state index contributed by atoms with van der Waals surface area (Å²) in [6, 6.07) is 7.67. The molecule has 69 valence electrons. The molecule has 0 N–H and O–H groups in total. The second-order valence-electron chi connectivity index (χ2n) is 2.53. The van der Waals surface area contributed by atoms with Gasteiger partial charge in [0.25, 0.3) is 0 Å². The second-order valence-corrected chi connectivity index (χ2v) is 2.97. The minimum atomic E-state index is 0.500. The van der Waals surface area contributed by atoms with Gasteiger partial charge in [0, 0.05) is 11.6 Å². The Morgan fingerprint density at radius 3 is 3.00 bits per heavy atom. The van der Waals surface area contributed by atoms with Crippen LogP contribution in [0.2, 0.25) is 5.02 Å². The first-order valence-corrected chi connectivity index (χ1v) is 4.50. The molecule has 0 saturated carbocycles. The highest BCUT2D eigenvalue weighted by Crippen LogP contribution is 2.11. The van der Waals surface area contributed by atoms with Crippen molar-refractivity contribution in [1.29, 1.82) is 0 Å². The molecular weight excluding hydrogens is 184 g/mol. The van der Waals surface area contributed by atoms with Crippen molar-refractivity contribution in [3.8, 4) is 0 Å². The number of rotatable bonds is 4. The fraction of sp³-hybridized carbons (Fsp3) is 0.182. The van der Waals surface area contributed by atoms with Crippen molar-refractivity contribution in [2.45, 2.75) is 0 Å². The molecule has 0 heterocycles. The Hall–Kier alpha value is -0.790. The molecule has 0 fully saturated rings. The van der Waals surface area contributed by atoms with Gasteiger partial charge >= 0.3 is 0 Å². The van der Waals surface area contributed by atoms with E-state index in [0.717, 1.165) is 10.6 Å². The Bertz CT molecular complexity index is 281. The van der Waals surface area contributed by atoms with Gasteiger partial charge in [-0.25, -0.2) is 0 Å². The second kappa shape index (κ2) is 5.79. The average molecular weight is 196 g/mol. The summed E-state index contributed by atoms with van der Waals surface area (Å²) in [5, 5.41) is 0.750. The monoisotopic (exact) mass is 195 g/mol. The maximum absolute atomic E-state index is 5.81. The van der Waals surface area contributed by atoms with Gasteiger partial charge in [0.1, 0.15) is 0 Å². The van der Waals surface area contributed by atoms with E-state index >= 15 is 0 Å². The van der Waals surface area contributed by atoms with Gasteiger partial charge in [-0.05, 0) is 24.6 Å². The molecule has 0 amide bonds. The standard InChI is InChI=1S/C11H12ClO/c1-2-13-8-4-6-10-5-3-7-11(12)9-10/h3-7,9H,1-2,8H2. The zero-order valence-corrected chi connectivity index (χ0v) is 8.13. The van der Waals surface area contributed by atoms with Crippen molar-refractivity contribution in [2.75, 3.05) is 13.2 Å². The molecule has 1 aromatic carbocycles. The highest BCUT2D eigenvalue weighted by molar-refractivity contribution is 6.30. The largest absolute Gasteiger partial charge is 0.377 e. The van der Waals surface area contributed by atoms with E-state index in [0.29, 0.717) is 13.2 Å². The van der Waals surface area contributed by atoms with Gasteiger partial charge in [-0.15, -0.1) is 0 Å². The van der Waals surface area contributed by atoms with Crippen LogP contribution >= 0.6 is 11.6 Å². The molecule has 1 aromatic rings. The molecule has 0 atom stereocenters. The fourth-order valence-electron chi connectivity index (χ4n) is 0.946. The van der Waals surface area contributed by atoms with Crippen molar-refractivity contribution in [3.63, 3.8) is 0 Å². The van der Waals surface area contributed by atoms with E-state index in [9.17, 15) is 0 Å². The van der Waals surface area contributed by atoms with Crippen molar-refractivity contribution >= 4 is 17.7 Å². The van der Waals surface area contributed by atoms with Crippen molar-refractivity contribution < 1.29 is 4.74 Å². The van der Waals surface area contributed by atoms with Crippen LogP contribution in [-0.4, -0.2) is 13.2 Å². The quantitative estimate of drug-likeness (QED) is 0.671. The molecule has 0 spiro atoms. The van der Waals surface area contributed by atoms with Gasteiger partial charge in [0.15, 0.2) is 0 Å². The molecule has 0 aliphatic rings. The summed E-state index contributed by atoms with van der Waals surface area (Å²) in [5.74, 6) is 0. The lowest BCUT2D eigenvalue weighted by molar-refractivity contribution is 0.193. The summed E-state index contributed by atoms with van der Waals surface area (Å²) in [6.07, 6.45) is 3.92. The Morgan fingerprint density at radius 1 is 1.46 bits per heavy atom. The van der Waals surface area contributed by atoms with E-state index in [1.165, 1.54) is 0 Å². The summed E-state index contributed by atoms with van der Waals surface area (Å²) in [7, 11) is 0. The van der Waals surface area contributed by atoms with Gasteiger partial charge in [0.05, 0.1) is 6.61 Å². The normalized spacial score (nSPS) is 10.9. The van der Waals surface area contributed by atoms with Crippen LogP contribution in [0.4, 0.5) is 0 Å². The van der Waals surface area contributed by atoms with Crippen LogP contribution in [0, 0.1) is 6.92 Å². The van der Waals surface area contributed by atoms with Crippen molar-refractivity contribution in [2.24, 2.45) is 0 Å². The number of benzene rings is 1. The van der Waals surface area contributed by atoms with Crippen LogP contribution < -0.4 is 0 Å². The summed E-state index contributed by atoms with van der Waals surface area (Å²) in [5.41, 5.74) is 1.08. The molecule has 2 heteroatoms. The molecule has 0 aliphatic heterocycles. The maximum atomic E-state index is 5.81. The first kappa shape index (κ1) is 10.3. The minimum absolute atomic E-state index is 0.500. The van der Waals surface area contributed by atoms with E-state index in [1.807, 2.05) is 36.4 Å². The molecule has 1 nitrogen and oxygen atoms in total.